The molecule has 0 aliphatic heterocycles. The van der Waals surface area contributed by atoms with Crippen LogP contribution in [0.3, 0.4) is 0 Å². The fraction of sp³-hybridized carbons (Fsp3) is 0.250. The standard InChI is InChI=1S/C24H26N4O5S2/c1-3-13-34(30,31)22-20-11-7-8-12-28(20)21(23(22)35(32,33)14-4-2)24(29)27-26-16-17-15-25-19-10-6-5-9-18(17)19/h5-12,15-16,25H,3-4,13-14H2,1-2H3,(H,27,29). The molecule has 11 heteroatoms. The van der Waals surface area contributed by atoms with Crippen LogP contribution in [0.15, 0.2) is 69.8 Å². The molecular formula is C24H26N4O5S2. The van der Waals surface area contributed by atoms with Crippen LogP contribution in [0.1, 0.15) is 42.7 Å². The summed E-state index contributed by atoms with van der Waals surface area (Å²) >= 11 is 0. The van der Waals surface area contributed by atoms with E-state index < -0.39 is 30.5 Å². The minimum Gasteiger partial charge on any atom is -0.361 e. The second-order valence-corrected chi connectivity index (χ2v) is 12.2. The number of rotatable bonds is 9. The highest BCUT2D eigenvalue weighted by Gasteiger charge is 2.36. The molecule has 0 aliphatic carbocycles. The summed E-state index contributed by atoms with van der Waals surface area (Å²) in [4.78, 5) is 15.6. The van der Waals surface area contributed by atoms with E-state index in [0.29, 0.717) is 6.42 Å². The Kier molecular flexibility index (Phi) is 6.82. The van der Waals surface area contributed by atoms with Gasteiger partial charge in [0, 0.05) is 28.9 Å². The highest BCUT2D eigenvalue weighted by Crippen LogP contribution is 2.34. The van der Waals surface area contributed by atoms with E-state index in [1.807, 2.05) is 24.3 Å². The van der Waals surface area contributed by atoms with Crippen molar-refractivity contribution in [1.82, 2.24) is 14.8 Å². The molecule has 9 nitrogen and oxygen atoms in total. The van der Waals surface area contributed by atoms with Gasteiger partial charge >= 0.3 is 0 Å². The lowest BCUT2D eigenvalue weighted by atomic mass is 10.2. The topological polar surface area (TPSA) is 130 Å². The van der Waals surface area contributed by atoms with E-state index in [1.54, 1.807) is 32.2 Å². The van der Waals surface area contributed by atoms with Crippen molar-refractivity contribution in [2.45, 2.75) is 36.5 Å². The largest absolute Gasteiger partial charge is 0.361 e. The van der Waals surface area contributed by atoms with Crippen molar-refractivity contribution in [2.75, 3.05) is 11.5 Å². The predicted molar refractivity (Wildman–Crippen MR) is 135 cm³/mol. The number of H-pyrrole nitrogens is 1. The van der Waals surface area contributed by atoms with E-state index in [1.165, 1.54) is 22.9 Å². The maximum Gasteiger partial charge on any atom is 0.289 e. The van der Waals surface area contributed by atoms with Crippen molar-refractivity contribution in [3.8, 4) is 0 Å². The van der Waals surface area contributed by atoms with Crippen LogP contribution in [-0.2, 0) is 19.7 Å². The molecule has 4 rings (SSSR count). The summed E-state index contributed by atoms with van der Waals surface area (Å²) in [7, 11) is -8.08. The number of carbonyl (C=O) groups excluding carboxylic acids is 1. The van der Waals surface area contributed by atoms with Crippen LogP contribution in [0.2, 0.25) is 0 Å². The maximum atomic E-state index is 13.3. The van der Waals surface area contributed by atoms with E-state index in [0.717, 1.165) is 16.5 Å². The van der Waals surface area contributed by atoms with Crippen LogP contribution < -0.4 is 5.43 Å². The van der Waals surface area contributed by atoms with E-state index in [2.05, 4.69) is 15.5 Å². The van der Waals surface area contributed by atoms with Crippen LogP contribution in [0.5, 0.6) is 0 Å². The van der Waals surface area contributed by atoms with Crippen molar-refractivity contribution in [3.63, 3.8) is 0 Å². The number of pyridine rings is 1. The number of sulfone groups is 2. The first kappa shape index (κ1) is 24.7. The van der Waals surface area contributed by atoms with E-state index in [9.17, 15) is 21.6 Å². The molecule has 3 aromatic heterocycles. The van der Waals surface area contributed by atoms with Crippen LogP contribution >= 0.6 is 0 Å². The Morgan fingerprint density at radius 1 is 0.971 bits per heavy atom. The number of fused-ring (bicyclic) bond motifs is 2. The number of hydrogen-bond acceptors (Lipinski definition) is 6. The molecule has 1 amide bonds. The second kappa shape index (κ2) is 9.67. The molecule has 0 fully saturated rings. The average Bonchev–Trinajstić information content (AvgIpc) is 3.39. The summed E-state index contributed by atoms with van der Waals surface area (Å²) in [5.41, 5.74) is 3.87. The van der Waals surface area contributed by atoms with Crippen molar-refractivity contribution >= 4 is 48.2 Å². The first-order chi connectivity index (χ1) is 16.7. The molecule has 4 aromatic rings. The Morgan fingerprint density at radius 3 is 2.34 bits per heavy atom. The molecule has 0 spiro atoms. The fourth-order valence-corrected chi connectivity index (χ4v) is 8.10. The number of carbonyl (C=O) groups is 1. The zero-order chi connectivity index (χ0) is 25.2. The van der Waals surface area contributed by atoms with Gasteiger partial charge < -0.3 is 9.38 Å². The normalized spacial score (nSPS) is 12.6. The third kappa shape index (κ3) is 4.61. The summed E-state index contributed by atoms with van der Waals surface area (Å²) in [6.07, 6.45) is 5.22. The van der Waals surface area contributed by atoms with Gasteiger partial charge in [0.15, 0.2) is 19.7 Å². The average molecular weight is 515 g/mol. The molecular weight excluding hydrogens is 488 g/mol. The molecule has 0 saturated heterocycles. The van der Waals surface area contributed by atoms with E-state index >= 15 is 0 Å². The van der Waals surface area contributed by atoms with E-state index in [4.69, 9.17) is 0 Å². The number of para-hydroxylation sites is 1. The molecule has 2 N–H and O–H groups in total. The molecule has 184 valence electrons. The van der Waals surface area contributed by atoms with Gasteiger partial charge in [0.2, 0.25) is 0 Å². The smallest absolute Gasteiger partial charge is 0.289 e. The number of aromatic nitrogens is 2. The van der Waals surface area contributed by atoms with Crippen LogP contribution in [0, 0.1) is 0 Å². The Bertz CT molecular complexity index is 1650. The molecule has 0 atom stereocenters. The number of amides is 1. The summed E-state index contributed by atoms with van der Waals surface area (Å²) in [5.74, 6) is -1.36. The number of benzene rings is 1. The molecule has 1 aromatic carbocycles. The Hall–Kier alpha value is -3.44. The van der Waals surface area contributed by atoms with Crippen LogP contribution in [0.4, 0.5) is 0 Å². The van der Waals surface area contributed by atoms with Gasteiger partial charge in [-0.1, -0.05) is 38.1 Å². The van der Waals surface area contributed by atoms with Crippen molar-refractivity contribution < 1.29 is 21.6 Å². The molecule has 0 radical (unpaired) electrons. The van der Waals surface area contributed by atoms with Crippen LogP contribution in [0.25, 0.3) is 16.4 Å². The first-order valence-electron chi connectivity index (χ1n) is 11.2. The number of nitrogens with one attached hydrogen (secondary N) is 2. The number of nitrogens with zero attached hydrogens (tertiary/aromatic N) is 2. The lowest BCUT2D eigenvalue weighted by Crippen LogP contribution is -2.23. The molecule has 0 unspecified atom stereocenters. The SMILES string of the molecule is CCCS(=O)(=O)c1c(S(=O)(=O)CCC)c2ccccn2c1C(=O)NN=Cc1c[nH]c2ccccc12. The van der Waals surface area contributed by atoms with Gasteiger partial charge in [-0.25, -0.2) is 22.3 Å². The molecule has 0 aliphatic rings. The maximum absolute atomic E-state index is 13.3. The second-order valence-electron chi connectivity index (χ2n) is 8.09. The quantitative estimate of drug-likeness (QED) is 0.261. The minimum absolute atomic E-state index is 0.140. The summed E-state index contributed by atoms with van der Waals surface area (Å²) in [5, 5.41) is 4.92. The Morgan fingerprint density at radius 2 is 1.63 bits per heavy atom. The molecule has 0 saturated carbocycles. The minimum atomic E-state index is -4.09. The lowest BCUT2D eigenvalue weighted by molar-refractivity contribution is 0.0945. The Balaban J connectivity index is 1.85. The summed E-state index contributed by atoms with van der Waals surface area (Å²) in [6.45, 7) is 3.38. The van der Waals surface area contributed by atoms with Gasteiger partial charge in [0.25, 0.3) is 5.91 Å². The van der Waals surface area contributed by atoms with Crippen molar-refractivity contribution in [2.24, 2.45) is 5.10 Å². The van der Waals surface area contributed by atoms with Gasteiger partial charge in [-0.3, -0.25) is 4.79 Å². The van der Waals surface area contributed by atoms with Gasteiger partial charge in [0.05, 0.1) is 23.2 Å². The third-order valence-electron chi connectivity index (χ3n) is 5.53. The highest BCUT2D eigenvalue weighted by molar-refractivity contribution is 7.94. The van der Waals surface area contributed by atoms with Crippen molar-refractivity contribution in [3.05, 3.63) is 66.1 Å². The lowest BCUT2D eigenvalue weighted by Gasteiger charge is -2.08. The number of hydrazone groups is 1. The number of hydrogen-bond donors (Lipinski definition) is 2. The monoisotopic (exact) mass is 514 g/mol. The first-order valence-corrected chi connectivity index (χ1v) is 14.5. The summed E-state index contributed by atoms with van der Waals surface area (Å²) < 4.78 is 54.3. The van der Waals surface area contributed by atoms with Crippen molar-refractivity contribution in [1.29, 1.82) is 0 Å². The molecule has 35 heavy (non-hydrogen) atoms. The van der Waals surface area contributed by atoms with Gasteiger partial charge in [0.1, 0.15) is 15.5 Å². The molecule has 0 bridgehead atoms. The van der Waals surface area contributed by atoms with E-state index in [-0.39, 0.29) is 34.0 Å². The third-order valence-corrected chi connectivity index (χ3v) is 9.60. The van der Waals surface area contributed by atoms with Gasteiger partial charge in [-0.2, -0.15) is 5.10 Å². The highest BCUT2D eigenvalue weighted by atomic mass is 32.2. The van der Waals surface area contributed by atoms with Crippen LogP contribution in [-0.4, -0.2) is 49.8 Å². The predicted octanol–water partition coefficient (Wildman–Crippen LogP) is 3.55. The zero-order valence-electron chi connectivity index (χ0n) is 19.4. The number of aromatic amines is 1. The zero-order valence-corrected chi connectivity index (χ0v) is 21.0. The molecule has 3 heterocycles. The fourth-order valence-electron chi connectivity index (χ4n) is 4.11. The Labute approximate surface area is 203 Å². The van der Waals surface area contributed by atoms with Gasteiger partial charge in [-0.15, -0.1) is 0 Å². The summed E-state index contributed by atoms with van der Waals surface area (Å²) in [6, 6.07) is 12.3. The van der Waals surface area contributed by atoms with Gasteiger partial charge in [-0.05, 0) is 31.0 Å².